The first-order valence-electron chi connectivity index (χ1n) is 8.61. The molecule has 1 unspecified atom stereocenters. The fourth-order valence-electron chi connectivity index (χ4n) is 3.55. The lowest BCUT2D eigenvalue weighted by Gasteiger charge is -2.26. The van der Waals surface area contributed by atoms with E-state index < -0.39 is 5.97 Å². The third kappa shape index (κ3) is 2.85. The van der Waals surface area contributed by atoms with E-state index in [0.29, 0.717) is 22.9 Å². The Hall–Kier alpha value is -1.86. The number of thioether (sulfide) groups is 1. The smallest absolute Gasteiger partial charge is 0.359 e. The summed E-state index contributed by atoms with van der Waals surface area (Å²) < 4.78 is 21.4. The molecule has 0 aliphatic carbocycles. The maximum Gasteiger partial charge on any atom is 0.359 e. The minimum absolute atomic E-state index is 0.157. The molecule has 25 heavy (non-hydrogen) atoms. The summed E-state index contributed by atoms with van der Waals surface area (Å²) >= 11 is 1.42. The van der Waals surface area contributed by atoms with Gasteiger partial charge < -0.3 is 10.1 Å². The maximum atomic E-state index is 14.3. The van der Waals surface area contributed by atoms with Crippen LogP contribution in [-0.2, 0) is 10.5 Å². The van der Waals surface area contributed by atoms with E-state index in [2.05, 4.69) is 10.4 Å². The van der Waals surface area contributed by atoms with Gasteiger partial charge in [0.25, 0.3) is 0 Å². The van der Waals surface area contributed by atoms with E-state index in [1.807, 2.05) is 10.7 Å². The molecule has 0 amide bonds. The molecule has 0 bridgehead atoms. The molecule has 1 saturated heterocycles. The van der Waals surface area contributed by atoms with Crippen LogP contribution in [0.3, 0.4) is 0 Å². The van der Waals surface area contributed by atoms with Crippen LogP contribution in [0.4, 0.5) is 4.39 Å². The molecule has 0 radical (unpaired) electrons. The number of hydrogen-bond acceptors (Lipinski definition) is 5. The monoisotopic (exact) mass is 361 g/mol. The molecular formula is C18H20FN3O2S. The SMILES string of the molecule is CCOC(=O)c1nn(C2CCCNC2)c2c1CSc1c(F)cccc1-2. The first kappa shape index (κ1) is 16.6. The molecule has 0 saturated carbocycles. The number of benzene rings is 1. The highest BCUT2D eigenvalue weighted by molar-refractivity contribution is 7.98. The Kier molecular flexibility index (Phi) is 4.52. The van der Waals surface area contributed by atoms with E-state index in [0.717, 1.165) is 42.8 Å². The third-order valence-electron chi connectivity index (χ3n) is 4.68. The fourth-order valence-corrected chi connectivity index (χ4v) is 4.64. The predicted molar refractivity (Wildman–Crippen MR) is 94.3 cm³/mol. The second-order valence-electron chi connectivity index (χ2n) is 6.25. The molecule has 2 aliphatic rings. The maximum absolute atomic E-state index is 14.3. The molecule has 5 nitrogen and oxygen atoms in total. The molecule has 1 fully saturated rings. The van der Waals surface area contributed by atoms with Crippen LogP contribution in [0.5, 0.6) is 0 Å². The number of carbonyl (C=O) groups excluding carboxylic acids is 1. The van der Waals surface area contributed by atoms with Crippen LogP contribution in [-0.4, -0.2) is 35.4 Å². The summed E-state index contributed by atoms with van der Waals surface area (Å²) in [7, 11) is 0. The lowest BCUT2D eigenvalue weighted by molar-refractivity contribution is 0.0517. The minimum atomic E-state index is -0.401. The zero-order valence-corrected chi connectivity index (χ0v) is 14.9. The molecule has 2 aliphatic heterocycles. The highest BCUT2D eigenvalue weighted by atomic mass is 32.2. The zero-order valence-electron chi connectivity index (χ0n) is 14.0. The molecule has 0 spiro atoms. The first-order chi connectivity index (χ1) is 12.2. The van der Waals surface area contributed by atoms with Crippen molar-refractivity contribution in [3.05, 3.63) is 35.3 Å². The second-order valence-corrected chi connectivity index (χ2v) is 7.23. The van der Waals surface area contributed by atoms with Crippen molar-refractivity contribution in [3.63, 3.8) is 0 Å². The Labute approximate surface area is 149 Å². The number of ether oxygens (including phenoxy) is 1. The largest absolute Gasteiger partial charge is 0.461 e. The van der Waals surface area contributed by atoms with Gasteiger partial charge in [0.2, 0.25) is 0 Å². The van der Waals surface area contributed by atoms with Crippen LogP contribution in [0.25, 0.3) is 11.3 Å². The molecule has 2 aromatic rings. The number of aromatic nitrogens is 2. The normalized spacial score (nSPS) is 19.2. The Bertz CT molecular complexity index is 815. The van der Waals surface area contributed by atoms with Gasteiger partial charge >= 0.3 is 5.97 Å². The van der Waals surface area contributed by atoms with Gasteiger partial charge in [-0.25, -0.2) is 9.18 Å². The van der Waals surface area contributed by atoms with E-state index in [9.17, 15) is 9.18 Å². The van der Waals surface area contributed by atoms with E-state index >= 15 is 0 Å². The minimum Gasteiger partial charge on any atom is -0.461 e. The summed E-state index contributed by atoms with van der Waals surface area (Å²) in [5, 5.41) is 8.01. The van der Waals surface area contributed by atoms with Crippen molar-refractivity contribution in [1.29, 1.82) is 0 Å². The number of fused-ring (bicyclic) bond motifs is 3. The number of carbonyl (C=O) groups is 1. The Morgan fingerprint density at radius 2 is 2.40 bits per heavy atom. The third-order valence-corrected chi connectivity index (χ3v) is 5.81. The number of hydrogen-bond donors (Lipinski definition) is 1. The van der Waals surface area contributed by atoms with Gasteiger partial charge in [0.15, 0.2) is 5.69 Å². The molecule has 132 valence electrons. The topological polar surface area (TPSA) is 56.1 Å². The van der Waals surface area contributed by atoms with Crippen molar-refractivity contribution < 1.29 is 13.9 Å². The molecule has 7 heteroatoms. The standard InChI is InChI=1S/C18H20FN3O2S/c1-2-24-18(23)15-13-10-25-17-12(6-3-7-14(17)19)16(13)22(21-15)11-5-4-8-20-9-11/h3,6-7,11,20H,2,4-5,8-10H2,1H3. The number of rotatable bonds is 3. The lowest BCUT2D eigenvalue weighted by Crippen LogP contribution is -2.32. The predicted octanol–water partition coefficient (Wildman–Crippen LogP) is 3.40. The Balaban J connectivity index is 1.88. The van der Waals surface area contributed by atoms with Crippen molar-refractivity contribution >= 4 is 17.7 Å². The van der Waals surface area contributed by atoms with Crippen LogP contribution < -0.4 is 5.32 Å². The van der Waals surface area contributed by atoms with Crippen molar-refractivity contribution in [3.8, 4) is 11.3 Å². The molecule has 4 rings (SSSR count). The lowest BCUT2D eigenvalue weighted by atomic mass is 10.0. The van der Waals surface area contributed by atoms with Crippen LogP contribution in [0.1, 0.15) is 41.9 Å². The summed E-state index contributed by atoms with van der Waals surface area (Å²) in [4.78, 5) is 13.0. The van der Waals surface area contributed by atoms with Gasteiger partial charge in [-0.2, -0.15) is 5.10 Å². The van der Waals surface area contributed by atoms with Gasteiger partial charge in [0, 0.05) is 23.4 Å². The van der Waals surface area contributed by atoms with Gasteiger partial charge in [-0.15, -0.1) is 11.8 Å². The Morgan fingerprint density at radius 1 is 1.52 bits per heavy atom. The zero-order chi connectivity index (χ0) is 17.4. The van der Waals surface area contributed by atoms with E-state index in [1.165, 1.54) is 17.8 Å². The van der Waals surface area contributed by atoms with Gasteiger partial charge in [0.05, 0.1) is 23.2 Å². The molecule has 1 N–H and O–H groups in total. The average molecular weight is 361 g/mol. The van der Waals surface area contributed by atoms with Gasteiger partial charge in [-0.1, -0.05) is 12.1 Å². The fraction of sp³-hybridized carbons (Fsp3) is 0.444. The van der Waals surface area contributed by atoms with Crippen molar-refractivity contribution in [2.75, 3.05) is 19.7 Å². The molecule has 1 aromatic heterocycles. The average Bonchev–Trinajstić information content (AvgIpc) is 3.03. The van der Waals surface area contributed by atoms with E-state index in [4.69, 9.17) is 4.74 Å². The highest BCUT2D eigenvalue weighted by Gasteiger charge is 2.33. The summed E-state index contributed by atoms with van der Waals surface area (Å²) in [5.41, 5.74) is 2.90. The number of halogens is 1. The second kappa shape index (κ2) is 6.80. The number of nitrogens with one attached hydrogen (secondary N) is 1. The summed E-state index contributed by atoms with van der Waals surface area (Å²) in [5.74, 6) is -0.0977. The highest BCUT2D eigenvalue weighted by Crippen LogP contribution is 2.45. The van der Waals surface area contributed by atoms with Crippen LogP contribution >= 0.6 is 11.8 Å². The Morgan fingerprint density at radius 3 is 3.16 bits per heavy atom. The molecular weight excluding hydrogens is 341 g/mol. The summed E-state index contributed by atoms with van der Waals surface area (Å²) in [6.45, 7) is 3.88. The summed E-state index contributed by atoms with van der Waals surface area (Å²) in [6, 6.07) is 5.26. The number of esters is 1. The number of nitrogens with zero attached hydrogens (tertiary/aromatic N) is 2. The van der Waals surface area contributed by atoms with E-state index in [-0.39, 0.29) is 11.9 Å². The molecule has 3 heterocycles. The number of piperidine rings is 1. The van der Waals surface area contributed by atoms with Crippen LogP contribution in [0.2, 0.25) is 0 Å². The first-order valence-corrected chi connectivity index (χ1v) is 9.60. The summed E-state index contributed by atoms with van der Waals surface area (Å²) in [6.07, 6.45) is 2.04. The van der Waals surface area contributed by atoms with Crippen LogP contribution in [0, 0.1) is 5.82 Å². The van der Waals surface area contributed by atoms with Gasteiger partial charge in [0.1, 0.15) is 5.82 Å². The van der Waals surface area contributed by atoms with Gasteiger partial charge in [-0.3, -0.25) is 4.68 Å². The molecule has 1 aromatic carbocycles. The van der Waals surface area contributed by atoms with E-state index in [1.54, 1.807) is 13.0 Å². The van der Waals surface area contributed by atoms with Crippen LogP contribution in [0.15, 0.2) is 23.1 Å². The van der Waals surface area contributed by atoms with Crippen molar-refractivity contribution in [2.24, 2.45) is 0 Å². The van der Waals surface area contributed by atoms with Gasteiger partial charge in [-0.05, 0) is 32.4 Å². The molecule has 1 atom stereocenters. The van der Waals surface area contributed by atoms with Crippen molar-refractivity contribution in [1.82, 2.24) is 15.1 Å². The quantitative estimate of drug-likeness (QED) is 0.849. The van der Waals surface area contributed by atoms with Crippen molar-refractivity contribution in [2.45, 2.75) is 36.5 Å².